The van der Waals surface area contributed by atoms with Gasteiger partial charge in [0.1, 0.15) is 5.01 Å². The smallest absolute Gasteiger partial charge is 0.123 e. The number of nitrogens with zero attached hydrogens (tertiary/aromatic N) is 1. The predicted octanol–water partition coefficient (Wildman–Crippen LogP) is 3.52. The van der Waals surface area contributed by atoms with Crippen LogP contribution in [0.1, 0.15) is 25.0 Å². The first-order valence-electron chi connectivity index (χ1n) is 6.00. The van der Waals surface area contributed by atoms with Crippen LogP contribution in [0, 0.1) is 0 Å². The minimum atomic E-state index is 0.522. The van der Waals surface area contributed by atoms with E-state index in [1.807, 2.05) is 13.1 Å². The van der Waals surface area contributed by atoms with Crippen LogP contribution in [0.15, 0.2) is 35.7 Å². The van der Waals surface area contributed by atoms with Crippen molar-refractivity contribution in [2.75, 3.05) is 13.6 Å². The van der Waals surface area contributed by atoms with Gasteiger partial charge in [-0.2, -0.15) is 0 Å². The zero-order chi connectivity index (χ0) is 12.1. The molecule has 17 heavy (non-hydrogen) atoms. The Balaban J connectivity index is 2.21. The first kappa shape index (κ1) is 12.3. The van der Waals surface area contributed by atoms with Gasteiger partial charge in [-0.1, -0.05) is 37.3 Å². The van der Waals surface area contributed by atoms with Crippen molar-refractivity contribution < 1.29 is 0 Å². The molecule has 1 unspecified atom stereocenters. The standard InChI is InChI=1S/C14H18N2S/c1-3-11(9-15-2)13-10-17-14(16-13)12-7-5-4-6-8-12/h4-8,10-11,15H,3,9H2,1-2H3. The molecular formula is C14H18N2S. The third-order valence-electron chi connectivity index (χ3n) is 2.90. The van der Waals surface area contributed by atoms with E-state index in [0.717, 1.165) is 18.0 Å². The summed E-state index contributed by atoms with van der Waals surface area (Å²) in [6.45, 7) is 3.21. The fraction of sp³-hybridized carbons (Fsp3) is 0.357. The van der Waals surface area contributed by atoms with Crippen molar-refractivity contribution in [3.8, 4) is 10.6 Å². The van der Waals surface area contributed by atoms with Crippen molar-refractivity contribution in [2.24, 2.45) is 0 Å². The molecule has 0 fully saturated rings. The Labute approximate surface area is 107 Å². The molecule has 0 spiro atoms. The fourth-order valence-electron chi connectivity index (χ4n) is 1.89. The van der Waals surface area contributed by atoms with E-state index in [2.05, 4.69) is 41.9 Å². The van der Waals surface area contributed by atoms with E-state index in [4.69, 9.17) is 4.98 Å². The summed E-state index contributed by atoms with van der Waals surface area (Å²) in [5.41, 5.74) is 2.42. The highest BCUT2D eigenvalue weighted by atomic mass is 32.1. The lowest BCUT2D eigenvalue weighted by atomic mass is 10.0. The Hall–Kier alpha value is -1.19. The van der Waals surface area contributed by atoms with Crippen LogP contribution in [0.2, 0.25) is 0 Å². The average molecular weight is 246 g/mol. The maximum atomic E-state index is 4.75. The predicted molar refractivity (Wildman–Crippen MR) is 74.5 cm³/mol. The van der Waals surface area contributed by atoms with Gasteiger partial charge in [-0.3, -0.25) is 0 Å². The van der Waals surface area contributed by atoms with Gasteiger partial charge >= 0.3 is 0 Å². The Morgan fingerprint density at radius 3 is 2.71 bits per heavy atom. The van der Waals surface area contributed by atoms with Crippen molar-refractivity contribution in [1.82, 2.24) is 10.3 Å². The van der Waals surface area contributed by atoms with Crippen molar-refractivity contribution in [1.29, 1.82) is 0 Å². The lowest BCUT2D eigenvalue weighted by Gasteiger charge is -2.10. The van der Waals surface area contributed by atoms with Crippen LogP contribution >= 0.6 is 11.3 Å². The highest BCUT2D eigenvalue weighted by Gasteiger charge is 2.12. The number of benzene rings is 1. The zero-order valence-corrected chi connectivity index (χ0v) is 11.1. The summed E-state index contributed by atoms with van der Waals surface area (Å²) in [6.07, 6.45) is 1.12. The van der Waals surface area contributed by atoms with Gasteiger partial charge in [0.25, 0.3) is 0 Å². The molecule has 0 saturated carbocycles. The number of hydrogen-bond donors (Lipinski definition) is 1. The highest BCUT2D eigenvalue weighted by molar-refractivity contribution is 7.13. The molecule has 1 aromatic heterocycles. The van der Waals surface area contributed by atoms with E-state index in [0.29, 0.717) is 5.92 Å². The molecule has 2 aromatic rings. The maximum absolute atomic E-state index is 4.75. The Morgan fingerprint density at radius 1 is 1.29 bits per heavy atom. The van der Waals surface area contributed by atoms with Crippen LogP contribution in [0.5, 0.6) is 0 Å². The molecule has 1 heterocycles. The molecule has 2 rings (SSSR count). The van der Waals surface area contributed by atoms with Gasteiger partial charge in [0.15, 0.2) is 0 Å². The molecule has 0 aliphatic heterocycles. The number of rotatable bonds is 5. The molecule has 1 aromatic carbocycles. The Bertz CT molecular complexity index is 450. The third-order valence-corrected chi connectivity index (χ3v) is 3.81. The molecule has 3 heteroatoms. The van der Waals surface area contributed by atoms with Gasteiger partial charge in [-0.15, -0.1) is 11.3 Å². The number of thiazole rings is 1. The number of nitrogens with one attached hydrogen (secondary N) is 1. The molecular weight excluding hydrogens is 228 g/mol. The number of hydrogen-bond acceptors (Lipinski definition) is 3. The summed E-state index contributed by atoms with van der Waals surface area (Å²) in [5, 5.41) is 6.54. The van der Waals surface area contributed by atoms with Crippen LogP contribution in [-0.4, -0.2) is 18.6 Å². The van der Waals surface area contributed by atoms with Crippen LogP contribution in [0.3, 0.4) is 0 Å². The van der Waals surface area contributed by atoms with Gasteiger partial charge in [-0.25, -0.2) is 4.98 Å². The topological polar surface area (TPSA) is 24.9 Å². The van der Waals surface area contributed by atoms with Gasteiger partial charge in [-0.05, 0) is 13.5 Å². The maximum Gasteiger partial charge on any atom is 0.123 e. The largest absolute Gasteiger partial charge is 0.319 e. The van der Waals surface area contributed by atoms with Crippen LogP contribution in [-0.2, 0) is 0 Å². The second-order valence-electron chi connectivity index (χ2n) is 4.11. The molecule has 90 valence electrons. The second-order valence-corrected chi connectivity index (χ2v) is 4.96. The summed E-state index contributed by atoms with van der Waals surface area (Å²) in [6, 6.07) is 10.4. The van der Waals surface area contributed by atoms with Gasteiger partial charge in [0.05, 0.1) is 5.69 Å². The minimum absolute atomic E-state index is 0.522. The van der Waals surface area contributed by atoms with Crippen molar-refractivity contribution in [2.45, 2.75) is 19.3 Å². The summed E-state index contributed by atoms with van der Waals surface area (Å²) >= 11 is 1.73. The first-order valence-corrected chi connectivity index (χ1v) is 6.88. The third kappa shape index (κ3) is 2.93. The lowest BCUT2D eigenvalue weighted by Crippen LogP contribution is -2.16. The van der Waals surface area contributed by atoms with E-state index in [-0.39, 0.29) is 0 Å². The Morgan fingerprint density at radius 2 is 2.06 bits per heavy atom. The monoisotopic (exact) mass is 246 g/mol. The molecule has 1 atom stereocenters. The average Bonchev–Trinajstić information content (AvgIpc) is 2.86. The lowest BCUT2D eigenvalue weighted by molar-refractivity contribution is 0.600. The molecule has 0 amide bonds. The second kappa shape index (κ2) is 5.94. The van der Waals surface area contributed by atoms with Gasteiger partial charge in [0.2, 0.25) is 0 Å². The molecule has 0 aliphatic rings. The molecule has 0 saturated heterocycles. The quantitative estimate of drug-likeness (QED) is 0.873. The normalized spacial score (nSPS) is 12.6. The Kier molecular flexibility index (Phi) is 4.29. The first-order chi connectivity index (χ1) is 8.35. The highest BCUT2D eigenvalue weighted by Crippen LogP contribution is 2.27. The molecule has 0 radical (unpaired) electrons. The molecule has 0 bridgehead atoms. The summed E-state index contributed by atoms with van der Waals surface area (Å²) in [7, 11) is 1.99. The van der Waals surface area contributed by atoms with E-state index >= 15 is 0 Å². The zero-order valence-electron chi connectivity index (χ0n) is 10.3. The fourth-order valence-corrected chi connectivity index (χ4v) is 2.80. The number of likely N-dealkylation sites (N-methyl/N-ethyl adjacent to an activating group) is 1. The molecule has 1 N–H and O–H groups in total. The van der Waals surface area contributed by atoms with E-state index in [9.17, 15) is 0 Å². The summed E-state index contributed by atoms with van der Waals surface area (Å²) < 4.78 is 0. The molecule has 0 aliphatic carbocycles. The SMILES string of the molecule is CCC(CNC)c1csc(-c2ccccc2)n1. The van der Waals surface area contributed by atoms with Crippen LogP contribution in [0.4, 0.5) is 0 Å². The summed E-state index contributed by atoms with van der Waals surface area (Å²) in [5.74, 6) is 0.522. The van der Waals surface area contributed by atoms with E-state index < -0.39 is 0 Å². The van der Waals surface area contributed by atoms with Crippen molar-refractivity contribution in [3.63, 3.8) is 0 Å². The van der Waals surface area contributed by atoms with Gasteiger partial charge < -0.3 is 5.32 Å². The van der Waals surface area contributed by atoms with E-state index in [1.165, 1.54) is 11.3 Å². The van der Waals surface area contributed by atoms with Crippen molar-refractivity contribution in [3.05, 3.63) is 41.4 Å². The van der Waals surface area contributed by atoms with Crippen LogP contribution < -0.4 is 5.32 Å². The number of aromatic nitrogens is 1. The van der Waals surface area contributed by atoms with Gasteiger partial charge in [0, 0.05) is 23.4 Å². The van der Waals surface area contributed by atoms with Crippen LogP contribution in [0.25, 0.3) is 10.6 Å². The molecule has 2 nitrogen and oxygen atoms in total. The van der Waals surface area contributed by atoms with Crippen molar-refractivity contribution >= 4 is 11.3 Å². The minimum Gasteiger partial charge on any atom is -0.319 e. The van der Waals surface area contributed by atoms with E-state index in [1.54, 1.807) is 11.3 Å². The summed E-state index contributed by atoms with van der Waals surface area (Å²) in [4.78, 5) is 4.75.